The van der Waals surface area contributed by atoms with Crippen LogP contribution in [0.2, 0.25) is 0 Å². The van der Waals surface area contributed by atoms with E-state index in [1.165, 1.54) is 16.7 Å². The second kappa shape index (κ2) is 5.51. The molecule has 0 radical (unpaired) electrons. The maximum absolute atomic E-state index is 5.97. The molecule has 0 amide bonds. The van der Waals surface area contributed by atoms with Gasteiger partial charge in [-0.3, -0.25) is 0 Å². The number of morpholine rings is 1. The van der Waals surface area contributed by atoms with Gasteiger partial charge in [0.2, 0.25) is 0 Å². The van der Waals surface area contributed by atoms with E-state index in [1.807, 2.05) is 0 Å². The van der Waals surface area contributed by atoms with E-state index >= 15 is 0 Å². The van der Waals surface area contributed by atoms with Gasteiger partial charge in [-0.25, -0.2) is 0 Å². The molecule has 0 bridgehead atoms. The van der Waals surface area contributed by atoms with Gasteiger partial charge < -0.3 is 14.8 Å². The van der Waals surface area contributed by atoms with E-state index in [1.54, 1.807) is 0 Å². The Hall–Kier alpha value is -1.06. The van der Waals surface area contributed by atoms with Crippen LogP contribution >= 0.6 is 0 Å². The van der Waals surface area contributed by atoms with Gasteiger partial charge >= 0.3 is 0 Å². The largest absolute Gasteiger partial charge is 0.490 e. The predicted octanol–water partition coefficient (Wildman–Crippen LogP) is 2.76. The first-order valence-electron chi connectivity index (χ1n) is 6.95. The van der Waals surface area contributed by atoms with E-state index < -0.39 is 0 Å². The molecule has 1 N–H and O–H groups in total. The standard InChI is InChI=1S/C16H25NO2/c1-11-6-12(2)15(13(3)7-11)18-9-14-8-17-16(4,5)10-19-14/h6-7,14,17H,8-10H2,1-5H3. The van der Waals surface area contributed by atoms with Crippen LogP contribution in [0.4, 0.5) is 0 Å². The van der Waals surface area contributed by atoms with E-state index in [2.05, 4.69) is 52.1 Å². The molecule has 1 saturated heterocycles. The molecule has 1 heterocycles. The van der Waals surface area contributed by atoms with Gasteiger partial charge in [-0.1, -0.05) is 17.7 Å². The van der Waals surface area contributed by atoms with Crippen molar-refractivity contribution >= 4 is 0 Å². The molecular formula is C16H25NO2. The molecule has 0 spiro atoms. The lowest BCUT2D eigenvalue weighted by Gasteiger charge is -2.35. The van der Waals surface area contributed by atoms with Gasteiger partial charge in [-0.15, -0.1) is 0 Å². The van der Waals surface area contributed by atoms with Crippen LogP contribution in [0.1, 0.15) is 30.5 Å². The van der Waals surface area contributed by atoms with Crippen molar-refractivity contribution in [2.45, 2.75) is 46.3 Å². The lowest BCUT2D eigenvalue weighted by atomic mass is 10.0. The van der Waals surface area contributed by atoms with Crippen molar-refractivity contribution in [3.05, 3.63) is 28.8 Å². The van der Waals surface area contributed by atoms with Crippen LogP contribution < -0.4 is 10.1 Å². The third-order valence-electron chi connectivity index (χ3n) is 3.51. The third-order valence-corrected chi connectivity index (χ3v) is 3.51. The lowest BCUT2D eigenvalue weighted by molar-refractivity contribution is -0.0413. The van der Waals surface area contributed by atoms with E-state index in [0.717, 1.165) is 18.9 Å². The summed E-state index contributed by atoms with van der Waals surface area (Å²) in [6, 6.07) is 4.32. The van der Waals surface area contributed by atoms with E-state index in [9.17, 15) is 0 Å². The molecule has 0 aromatic heterocycles. The van der Waals surface area contributed by atoms with Gasteiger partial charge in [-0.05, 0) is 45.7 Å². The molecule has 2 rings (SSSR count). The summed E-state index contributed by atoms with van der Waals surface area (Å²) in [6.07, 6.45) is 0.133. The number of benzene rings is 1. The van der Waals surface area contributed by atoms with Crippen LogP contribution in [0.15, 0.2) is 12.1 Å². The second-order valence-electron chi connectivity index (χ2n) is 6.24. The number of ether oxygens (including phenoxy) is 2. The summed E-state index contributed by atoms with van der Waals surface area (Å²) in [4.78, 5) is 0. The van der Waals surface area contributed by atoms with Gasteiger partial charge in [0, 0.05) is 12.1 Å². The van der Waals surface area contributed by atoms with Gasteiger partial charge in [0.1, 0.15) is 18.5 Å². The molecule has 0 saturated carbocycles. The minimum atomic E-state index is 0.0756. The van der Waals surface area contributed by atoms with Crippen LogP contribution in [0.3, 0.4) is 0 Å². The highest BCUT2D eigenvalue weighted by Crippen LogP contribution is 2.25. The fourth-order valence-electron chi connectivity index (χ4n) is 2.50. The molecule has 0 aliphatic carbocycles. The van der Waals surface area contributed by atoms with Crippen LogP contribution in [0.25, 0.3) is 0 Å². The zero-order chi connectivity index (χ0) is 14.0. The highest BCUT2D eigenvalue weighted by molar-refractivity contribution is 5.42. The molecule has 1 aromatic carbocycles. The summed E-state index contributed by atoms with van der Waals surface area (Å²) in [5, 5.41) is 3.48. The van der Waals surface area contributed by atoms with Crippen LogP contribution in [0.5, 0.6) is 5.75 Å². The molecule has 1 atom stereocenters. The first-order valence-corrected chi connectivity index (χ1v) is 6.95. The summed E-state index contributed by atoms with van der Waals surface area (Å²) in [6.45, 7) is 12.8. The van der Waals surface area contributed by atoms with Gasteiger partial charge in [0.15, 0.2) is 0 Å². The summed E-state index contributed by atoms with van der Waals surface area (Å²) in [5.74, 6) is 0.999. The van der Waals surface area contributed by atoms with Crippen molar-refractivity contribution in [2.75, 3.05) is 19.8 Å². The van der Waals surface area contributed by atoms with Gasteiger partial charge in [0.25, 0.3) is 0 Å². The molecule has 1 aliphatic rings. The second-order valence-corrected chi connectivity index (χ2v) is 6.24. The SMILES string of the molecule is Cc1cc(C)c(OCC2CNC(C)(C)CO2)c(C)c1. The maximum atomic E-state index is 5.97. The van der Waals surface area contributed by atoms with Crippen molar-refractivity contribution in [2.24, 2.45) is 0 Å². The summed E-state index contributed by atoms with van der Waals surface area (Å²) >= 11 is 0. The van der Waals surface area contributed by atoms with Crippen LogP contribution in [-0.2, 0) is 4.74 Å². The molecule has 106 valence electrons. The highest BCUT2D eigenvalue weighted by Gasteiger charge is 2.27. The van der Waals surface area contributed by atoms with Crippen LogP contribution in [0, 0.1) is 20.8 Å². The molecule has 1 aliphatic heterocycles. The van der Waals surface area contributed by atoms with Crippen molar-refractivity contribution in [1.29, 1.82) is 0 Å². The van der Waals surface area contributed by atoms with Crippen LogP contribution in [-0.4, -0.2) is 31.4 Å². The van der Waals surface area contributed by atoms with Crippen molar-refractivity contribution in [1.82, 2.24) is 5.32 Å². The number of hydrogen-bond acceptors (Lipinski definition) is 3. The Labute approximate surface area is 116 Å². The Morgan fingerprint density at radius 2 is 1.89 bits per heavy atom. The highest BCUT2D eigenvalue weighted by atomic mass is 16.5. The first kappa shape index (κ1) is 14.4. The van der Waals surface area contributed by atoms with E-state index in [0.29, 0.717) is 6.61 Å². The van der Waals surface area contributed by atoms with E-state index in [4.69, 9.17) is 9.47 Å². The summed E-state index contributed by atoms with van der Waals surface area (Å²) in [7, 11) is 0. The van der Waals surface area contributed by atoms with E-state index in [-0.39, 0.29) is 11.6 Å². The van der Waals surface area contributed by atoms with Crippen molar-refractivity contribution < 1.29 is 9.47 Å². The number of rotatable bonds is 3. The normalized spacial score (nSPS) is 22.3. The maximum Gasteiger partial charge on any atom is 0.125 e. The minimum absolute atomic E-state index is 0.0756. The Morgan fingerprint density at radius 1 is 1.26 bits per heavy atom. The number of hydrogen-bond donors (Lipinski definition) is 1. The molecule has 3 heteroatoms. The quantitative estimate of drug-likeness (QED) is 0.909. The first-order chi connectivity index (χ1) is 8.87. The summed E-state index contributed by atoms with van der Waals surface area (Å²) in [5.41, 5.74) is 3.74. The molecule has 1 unspecified atom stereocenters. The van der Waals surface area contributed by atoms with Gasteiger partial charge in [-0.2, -0.15) is 0 Å². The number of aryl methyl sites for hydroxylation is 3. The Balaban J connectivity index is 1.93. The number of nitrogens with one attached hydrogen (secondary N) is 1. The molecule has 3 nitrogen and oxygen atoms in total. The van der Waals surface area contributed by atoms with Gasteiger partial charge in [0.05, 0.1) is 6.61 Å². The topological polar surface area (TPSA) is 30.5 Å². The van der Waals surface area contributed by atoms with Crippen molar-refractivity contribution in [3.8, 4) is 5.75 Å². The fourth-order valence-corrected chi connectivity index (χ4v) is 2.50. The zero-order valence-corrected chi connectivity index (χ0v) is 12.7. The monoisotopic (exact) mass is 263 g/mol. The Kier molecular flexibility index (Phi) is 4.16. The predicted molar refractivity (Wildman–Crippen MR) is 78.0 cm³/mol. The zero-order valence-electron chi connectivity index (χ0n) is 12.7. The molecular weight excluding hydrogens is 238 g/mol. The molecule has 19 heavy (non-hydrogen) atoms. The Morgan fingerprint density at radius 3 is 2.42 bits per heavy atom. The fraction of sp³-hybridized carbons (Fsp3) is 0.625. The Bertz CT molecular complexity index is 421. The molecule has 1 aromatic rings. The van der Waals surface area contributed by atoms with Crippen molar-refractivity contribution in [3.63, 3.8) is 0 Å². The summed E-state index contributed by atoms with van der Waals surface area (Å²) < 4.78 is 11.8. The smallest absolute Gasteiger partial charge is 0.125 e. The third kappa shape index (κ3) is 3.71. The average Bonchev–Trinajstić information content (AvgIpc) is 2.29. The lowest BCUT2D eigenvalue weighted by Crippen LogP contribution is -2.54. The molecule has 1 fully saturated rings. The minimum Gasteiger partial charge on any atom is -0.490 e. The average molecular weight is 263 g/mol.